The molecule has 0 aromatic rings. The Labute approximate surface area is 294 Å². The van der Waals surface area contributed by atoms with Crippen LogP contribution in [-0.2, 0) is 4.79 Å². The number of rotatable bonds is 39. The van der Waals surface area contributed by atoms with Crippen molar-refractivity contribution >= 4 is 5.91 Å². The number of aliphatic hydroxyl groups is 3. The molecule has 0 heterocycles. The van der Waals surface area contributed by atoms with Crippen LogP contribution in [0.3, 0.4) is 0 Å². The summed E-state index contributed by atoms with van der Waals surface area (Å²) in [6.07, 6.45) is 42.4. The van der Waals surface area contributed by atoms with Gasteiger partial charge in [-0.25, -0.2) is 0 Å². The lowest BCUT2D eigenvalue weighted by Crippen LogP contribution is -2.49. The van der Waals surface area contributed by atoms with Crippen LogP contribution in [0, 0.1) is 0 Å². The van der Waals surface area contributed by atoms with Crippen molar-refractivity contribution in [2.45, 2.75) is 257 Å². The van der Waals surface area contributed by atoms with Crippen LogP contribution in [0.1, 0.15) is 239 Å². The molecule has 5 nitrogen and oxygen atoms in total. The molecule has 0 aromatic carbocycles. The summed E-state index contributed by atoms with van der Waals surface area (Å²) < 4.78 is 0. The average molecular weight is 668 g/mol. The highest BCUT2D eigenvalue weighted by Gasteiger charge is 2.23. The molecule has 0 aliphatic heterocycles. The number of carbonyl (C=O) groups excluding carboxylic acids is 1. The lowest BCUT2D eigenvalue weighted by Gasteiger charge is -2.23. The van der Waals surface area contributed by atoms with E-state index in [0.29, 0.717) is 12.8 Å². The number of amides is 1. The minimum atomic E-state index is -1.07. The molecule has 1 amide bonds. The highest BCUT2D eigenvalue weighted by Crippen LogP contribution is 2.17. The maximum Gasteiger partial charge on any atom is 0.249 e. The molecule has 47 heavy (non-hydrogen) atoms. The van der Waals surface area contributed by atoms with Crippen molar-refractivity contribution in [3.63, 3.8) is 0 Å². The monoisotopic (exact) mass is 668 g/mol. The number of aliphatic hydroxyl groups excluding tert-OH is 3. The molecule has 0 fully saturated rings. The minimum Gasteiger partial charge on any atom is -0.394 e. The van der Waals surface area contributed by atoms with E-state index < -0.39 is 24.2 Å². The van der Waals surface area contributed by atoms with Crippen LogP contribution in [0.4, 0.5) is 0 Å². The van der Waals surface area contributed by atoms with Gasteiger partial charge in [-0.3, -0.25) is 4.79 Å². The maximum atomic E-state index is 12.5. The summed E-state index contributed by atoms with van der Waals surface area (Å²) in [6.45, 7) is 4.24. The van der Waals surface area contributed by atoms with E-state index in [9.17, 15) is 20.1 Å². The maximum absolute atomic E-state index is 12.5. The lowest BCUT2D eigenvalue weighted by atomic mass is 10.0. The van der Waals surface area contributed by atoms with Gasteiger partial charge in [0.15, 0.2) is 0 Å². The summed E-state index contributed by atoms with van der Waals surface area (Å²) in [5.74, 6) is -0.466. The van der Waals surface area contributed by atoms with Crippen LogP contribution in [0.25, 0.3) is 0 Å². The third-order valence-electron chi connectivity index (χ3n) is 10.2. The first kappa shape index (κ1) is 46.4. The van der Waals surface area contributed by atoms with Crippen molar-refractivity contribution < 1.29 is 20.1 Å². The highest BCUT2D eigenvalue weighted by atomic mass is 16.3. The summed E-state index contributed by atoms with van der Waals surface area (Å²) in [7, 11) is 0. The molecule has 3 atom stereocenters. The number of hydrogen-bond acceptors (Lipinski definition) is 4. The largest absolute Gasteiger partial charge is 0.394 e. The van der Waals surface area contributed by atoms with Gasteiger partial charge >= 0.3 is 0 Å². The Morgan fingerprint density at radius 2 is 0.681 bits per heavy atom. The molecular weight excluding hydrogens is 582 g/mol. The van der Waals surface area contributed by atoms with Gasteiger partial charge in [0.25, 0.3) is 0 Å². The van der Waals surface area contributed by atoms with Crippen LogP contribution in [0.5, 0.6) is 0 Å². The zero-order valence-electron chi connectivity index (χ0n) is 31.9. The van der Waals surface area contributed by atoms with Gasteiger partial charge < -0.3 is 20.6 Å². The van der Waals surface area contributed by atoms with Crippen molar-refractivity contribution in [3.05, 3.63) is 0 Å². The van der Waals surface area contributed by atoms with E-state index in [-0.39, 0.29) is 6.61 Å². The highest BCUT2D eigenvalue weighted by molar-refractivity contribution is 5.80. The molecule has 0 bridgehead atoms. The Hall–Kier alpha value is -0.650. The minimum absolute atomic E-state index is 0.308. The number of unbranched alkanes of at least 4 members (excludes halogenated alkanes) is 31. The van der Waals surface area contributed by atoms with Gasteiger partial charge in [-0.2, -0.15) is 0 Å². The van der Waals surface area contributed by atoms with Crippen molar-refractivity contribution in [2.24, 2.45) is 0 Å². The summed E-state index contributed by atoms with van der Waals surface area (Å²) >= 11 is 0. The first-order valence-corrected chi connectivity index (χ1v) is 21.3. The molecule has 4 N–H and O–H groups in total. The van der Waals surface area contributed by atoms with E-state index in [1.165, 1.54) is 180 Å². The van der Waals surface area contributed by atoms with Crippen molar-refractivity contribution in [3.8, 4) is 0 Å². The predicted octanol–water partition coefficient (Wildman–Crippen LogP) is 11.9. The SMILES string of the molecule is CCCCCCCCCCCCCCCCCCCCCCC(O)C(=O)NC(CO)C(O)CCCCCCCCCCCCCCC. The zero-order valence-corrected chi connectivity index (χ0v) is 31.9. The van der Waals surface area contributed by atoms with E-state index in [1.807, 2.05) is 0 Å². The topological polar surface area (TPSA) is 89.8 Å². The van der Waals surface area contributed by atoms with Gasteiger partial charge in [0.05, 0.1) is 18.8 Å². The standard InChI is InChI=1S/C42H85NO4/c1-3-5-7-9-11-13-15-17-18-19-20-21-22-23-25-27-29-31-33-35-37-41(46)42(47)43-39(38-44)40(45)36-34-32-30-28-26-24-16-14-12-10-8-6-4-2/h39-41,44-46H,3-38H2,1-2H3,(H,43,47). The summed E-state index contributed by atoms with van der Waals surface area (Å²) in [6, 6.07) is -0.704. The van der Waals surface area contributed by atoms with Crippen LogP contribution >= 0.6 is 0 Å². The third-order valence-corrected chi connectivity index (χ3v) is 10.2. The molecule has 5 heteroatoms. The average Bonchev–Trinajstić information content (AvgIpc) is 3.07. The molecule has 0 radical (unpaired) electrons. The summed E-state index contributed by atoms with van der Waals surface area (Å²) in [5.41, 5.74) is 0. The van der Waals surface area contributed by atoms with Gasteiger partial charge in [0, 0.05) is 0 Å². The fraction of sp³-hybridized carbons (Fsp3) is 0.976. The molecule has 0 spiro atoms. The van der Waals surface area contributed by atoms with E-state index in [4.69, 9.17) is 0 Å². The molecule has 0 aliphatic carbocycles. The Morgan fingerprint density at radius 1 is 0.426 bits per heavy atom. The molecule has 0 aliphatic rings. The van der Waals surface area contributed by atoms with Crippen LogP contribution < -0.4 is 5.32 Å². The second kappa shape index (κ2) is 38.2. The quantitative estimate of drug-likeness (QED) is 0.0491. The Morgan fingerprint density at radius 3 is 0.957 bits per heavy atom. The fourth-order valence-corrected chi connectivity index (χ4v) is 6.84. The second-order valence-corrected chi connectivity index (χ2v) is 14.9. The van der Waals surface area contributed by atoms with E-state index in [2.05, 4.69) is 19.2 Å². The van der Waals surface area contributed by atoms with Crippen molar-refractivity contribution in [1.29, 1.82) is 0 Å². The van der Waals surface area contributed by atoms with Crippen LogP contribution in [0.15, 0.2) is 0 Å². The molecular formula is C42H85NO4. The smallest absolute Gasteiger partial charge is 0.249 e. The van der Waals surface area contributed by atoms with Gasteiger partial charge in [-0.15, -0.1) is 0 Å². The van der Waals surface area contributed by atoms with Gasteiger partial charge in [0.1, 0.15) is 6.10 Å². The van der Waals surface area contributed by atoms with E-state index >= 15 is 0 Å². The van der Waals surface area contributed by atoms with Gasteiger partial charge in [0.2, 0.25) is 5.91 Å². The Kier molecular flexibility index (Phi) is 37.6. The van der Waals surface area contributed by atoms with E-state index in [1.54, 1.807) is 0 Å². The first-order chi connectivity index (χ1) is 23.1. The van der Waals surface area contributed by atoms with Crippen molar-refractivity contribution in [2.75, 3.05) is 6.61 Å². The van der Waals surface area contributed by atoms with Gasteiger partial charge in [-0.1, -0.05) is 226 Å². The normalized spacial score (nSPS) is 13.6. The molecule has 0 saturated heterocycles. The van der Waals surface area contributed by atoms with Crippen molar-refractivity contribution in [1.82, 2.24) is 5.32 Å². The Balaban J connectivity index is 3.57. The van der Waals surface area contributed by atoms with Crippen LogP contribution in [-0.4, -0.2) is 46.1 Å². The molecule has 0 aromatic heterocycles. The molecule has 0 saturated carbocycles. The van der Waals surface area contributed by atoms with Gasteiger partial charge in [-0.05, 0) is 12.8 Å². The zero-order chi connectivity index (χ0) is 34.5. The second-order valence-electron chi connectivity index (χ2n) is 14.9. The number of carbonyl (C=O) groups is 1. The predicted molar refractivity (Wildman–Crippen MR) is 204 cm³/mol. The first-order valence-electron chi connectivity index (χ1n) is 21.3. The van der Waals surface area contributed by atoms with Crippen LogP contribution in [0.2, 0.25) is 0 Å². The number of hydrogen-bond donors (Lipinski definition) is 4. The molecule has 282 valence electrons. The molecule has 0 rings (SSSR count). The number of nitrogens with one attached hydrogen (secondary N) is 1. The van der Waals surface area contributed by atoms with E-state index in [0.717, 1.165) is 32.1 Å². The summed E-state index contributed by atoms with van der Waals surface area (Å²) in [4.78, 5) is 12.5. The molecule has 3 unspecified atom stereocenters. The fourth-order valence-electron chi connectivity index (χ4n) is 6.84. The third kappa shape index (κ3) is 33.6. The summed E-state index contributed by atoms with van der Waals surface area (Å²) in [5, 5.41) is 33.2. The Bertz CT molecular complexity index is 615. The lowest BCUT2D eigenvalue weighted by molar-refractivity contribution is -0.131.